The first kappa shape index (κ1) is 14.4. The van der Waals surface area contributed by atoms with Gasteiger partial charge in [0.15, 0.2) is 0 Å². The molecule has 0 radical (unpaired) electrons. The summed E-state index contributed by atoms with van der Waals surface area (Å²) in [6, 6.07) is 4.26. The first-order valence-electron chi connectivity index (χ1n) is 8.35. The number of carbonyl (C=O) groups is 1. The van der Waals surface area contributed by atoms with Crippen LogP contribution in [-0.4, -0.2) is 30.0 Å². The van der Waals surface area contributed by atoms with E-state index in [0.717, 1.165) is 31.6 Å². The predicted molar refractivity (Wildman–Crippen MR) is 84.6 cm³/mol. The van der Waals surface area contributed by atoms with E-state index < -0.39 is 0 Å². The maximum Gasteiger partial charge on any atom is 0.270 e. The molecule has 2 aliphatic rings. The zero-order valence-electron chi connectivity index (χ0n) is 12.7. The standard InChI is InChI=1S/C17H25N3O/c21-17(19-14-7-3-4-8-14)16-10-9-15(13-18-16)20-11-5-1-2-6-12-20/h9-10,13-14H,1-8,11-12H2,(H,19,21). The second kappa shape index (κ2) is 6.92. The lowest BCUT2D eigenvalue weighted by molar-refractivity contribution is 0.0933. The molecule has 21 heavy (non-hydrogen) atoms. The maximum absolute atomic E-state index is 12.2. The van der Waals surface area contributed by atoms with E-state index in [2.05, 4.69) is 15.2 Å². The Morgan fingerprint density at radius 1 is 1.05 bits per heavy atom. The number of nitrogens with zero attached hydrogens (tertiary/aromatic N) is 2. The van der Waals surface area contributed by atoms with E-state index >= 15 is 0 Å². The minimum absolute atomic E-state index is 0.0238. The summed E-state index contributed by atoms with van der Waals surface area (Å²) in [6.07, 6.45) is 11.7. The topological polar surface area (TPSA) is 45.2 Å². The van der Waals surface area contributed by atoms with E-state index in [1.165, 1.54) is 38.5 Å². The van der Waals surface area contributed by atoms with Crippen LogP contribution in [0.1, 0.15) is 61.9 Å². The fourth-order valence-electron chi connectivity index (χ4n) is 3.37. The van der Waals surface area contributed by atoms with Gasteiger partial charge in [0.2, 0.25) is 0 Å². The molecule has 1 aliphatic heterocycles. The molecular weight excluding hydrogens is 262 g/mol. The second-order valence-corrected chi connectivity index (χ2v) is 6.26. The molecule has 4 nitrogen and oxygen atoms in total. The molecule has 0 aromatic carbocycles. The zero-order chi connectivity index (χ0) is 14.5. The van der Waals surface area contributed by atoms with Gasteiger partial charge in [0.05, 0.1) is 11.9 Å². The van der Waals surface area contributed by atoms with E-state index in [4.69, 9.17) is 0 Å². The van der Waals surface area contributed by atoms with Gasteiger partial charge >= 0.3 is 0 Å². The van der Waals surface area contributed by atoms with Gasteiger partial charge in [0, 0.05) is 19.1 Å². The summed E-state index contributed by atoms with van der Waals surface area (Å²) in [4.78, 5) is 18.9. The molecule has 1 saturated carbocycles. The van der Waals surface area contributed by atoms with Crippen molar-refractivity contribution in [3.8, 4) is 0 Å². The monoisotopic (exact) mass is 287 g/mol. The van der Waals surface area contributed by atoms with Gasteiger partial charge in [-0.3, -0.25) is 4.79 Å². The fourth-order valence-corrected chi connectivity index (χ4v) is 3.37. The van der Waals surface area contributed by atoms with Crippen LogP contribution in [0.4, 0.5) is 5.69 Å². The summed E-state index contributed by atoms with van der Waals surface area (Å²) in [5.74, 6) is -0.0238. The van der Waals surface area contributed by atoms with Gasteiger partial charge in [-0.05, 0) is 37.8 Å². The van der Waals surface area contributed by atoms with Crippen LogP contribution in [0.2, 0.25) is 0 Å². The van der Waals surface area contributed by atoms with Gasteiger partial charge < -0.3 is 10.2 Å². The summed E-state index contributed by atoms with van der Waals surface area (Å²) in [7, 11) is 0. The van der Waals surface area contributed by atoms with Crippen molar-refractivity contribution in [2.24, 2.45) is 0 Å². The van der Waals surface area contributed by atoms with Gasteiger partial charge in [-0.1, -0.05) is 25.7 Å². The Bertz CT molecular complexity index is 457. The second-order valence-electron chi connectivity index (χ2n) is 6.26. The Morgan fingerprint density at radius 2 is 1.76 bits per heavy atom. The molecule has 3 rings (SSSR count). The summed E-state index contributed by atoms with van der Waals surface area (Å²) < 4.78 is 0. The van der Waals surface area contributed by atoms with E-state index in [0.29, 0.717) is 11.7 Å². The predicted octanol–water partition coefficient (Wildman–Crippen LogP) is 3.13. The summed E-state index contributed by atoms with van der Waals surface area (Å²) in [5.41, 5.74) is 1.69. The van der Waals surface area contributed by atoms with Crippen molar-refractivity contribution in [1.29, 1.82) is 0 Å². The Morgan fingerprint density at radius 3 is 2.38 bits per heavy atom. The molecular formula is C17H25N3O. The average Bonchev–Trinajstić information content (AvgIpc) is 2.87. The smallest absolute Gasteiger partial charge is 0.270 e. The third-order valence-corrected chi connectivity index (χ3v) is 4.64. The summed E-state index contributed by atoms with van der Waals surface area (Å²) in [6.45, 7) is 2.21. The number of amides is 1. The number of carbonyl (C=O) groups excluding carboxylic acids is 1. The molecule has 0 atom stereocenters. The molecule has 2 fully saturated rings. The van der Waals surface area contributed by atoms with Crippen molar-refractivity contribution in [1.82, 2.24) is 10.3 Å². The minimum atomic E-state index is -0.0238. The van der Waals surface area contributed by atoms with Crippen LogP contribution >= 0.6 is 0 Å². The van der Waals surface area contributed by atoms with Gasteiger partial charge in [-0.25, -0.2) is 4.98 Å². The molecule has 0 unspecified atom stereocenters. The Labute approximate surface area is 126 Å². The van der Waals surface area contributed by atoms with Crippen LogP contribution in [0.15, 0.2) is 18.3 Å². The van der Waals surface area contributed by atoms with Crippen molar-refractivity contribution < 1.29 is 4.79 Å². The normalized spacial score (nSPS) is 20.3. The van der Waals surface area contributed by atoms with Crippen molar-refractivity contribution in [2.45, 2.75) is 57.4 Å². The summed E-state index contributed by atoms with van der Waals surface area (Å²) >= 11 is 0. The zero-order valence-corrected chi connectivity index (χ0v) is 12.7. The van der Waals surface area contributed by atoms with Crippen LogP contribution < -0.4 is 10.2 Å². The van der Waals surface area contributed by atoms with Crippen molar-refractivity contribution in [3.05, 3.63) is 24.0 Å². The van der Waals surface area contributed by atoms with E-state index in [1.807, 2.05) is 18.3 Å². The lowest BCUT2D eigenvalue weighted by Gasteiger charge is -2.22. The van der Waals surface area contributed by atoms with Gasteiger partial charge in [0.25, 0.3) is 5.91 Å². The SMILES string of the molecule is O=C(NC1CCCC1)c1ccc(N2CCCCCC2)cn1. The van der Waals surface area contributed by atoms with Crippen LogP contribution in [0.5, 0.6) is 0 Å². The van der Waals surface area contributed by atoms with Crippen molar-refractivity contribution in [2.75, 3.05) is 18.0 Å². The number of rotatable bonds is 3. The highest BCUT2D eigenvalue weighted by Gasteiger charge is 2.19. The third-order valence-electron chi connectivity index (χ3n) is 4.64. The molecule has 0 bridgehead atoms. The molecule has 2 heterocycles. The van der Waals surface area contributed by atoms with Crippen LogP contribution in [0.3, 0.4) is 0 Å². The number of hydrogen-bond acceptors (Lipinski definition) is 3. The number of hydrogen-bond donors (Lipinski definition) is 1. The number of aromatic nitrogens is 1. The molecule has 1 aliphatic carbocycles. The fraction of sp³-hybridized carbons (Fsp3) is 0.647. The van der Waals surface area contributed by atoms with E-state index in [1.54, 1.807) is 0 Å². The molecule has 1 aromatic rings. The number of anilines is 1. The van der Waals surface area contributed by atoms with Crippen molar-refractivity contribution in [3.63, 3.8) is 0 Å². The molecule has 1 aromatic heterocycles. The van der Waals surface area contributed by atoms with Crippen molar-refractivity contribution >= 4 is 11.6 Å². The highest BCUT2D eigenvalue weighted by atomic mass is 16.1. The number of pyridine rings is 1. The molecule has 0 spiro atoms. The molecule has 4 heteroatoms. The van der Waals surface area contributed by atoms with Gasteiger partial charge in [-0.2, -0.15) is 0 Å². The molecule has 1 amide bonds. The largest absolute Gasteiger partial charge is 0.370 e. The van der Waals surface area contributed by atoms with Crippen LogP contribution in [0, 0.1) is 0 Å². The Balaban J connectivity index is 1.61. The molecule has 114 valence electrons. The quantitative estimate of drug-likeness (QED) is 0.929. The summed E-state index contributed by atoms with van der Waals surface area (Å²) in [5, 5.41) is 3.09. The highest BCUT2D eigenvalue weighted by Crippen LogP contribution is 2.20. The third kappa shape index (κ3) is 3.74. The highest BCUT2D eigenvalue weighted by molar-refractivity contribution is 5.92. The lowest BCUT2D eigenvalue weighted by atomic mass is 10.2. The van der Waals surface area contributed by atoms with Gasteiger partial charge in [-0.15, -0.1) is 0 Å². The first-order chi connectivity index (χ1) is 10.3. The first-order valence-corrected chi connectivity index (χ1v) is 8.35. The van der Waals surface area contributed by atoms with E-state index in [9.17, 15) is 4.79 Å². The lowest BCUT2D eigenvalue weighted by Crippen LogP contribution is -2.33. The van der Waals surface area contributed by atoms with Gasteiger partial charge in [0.1, 0.15) is 5.69 Å². The Kier molecular flexibility index (Phi) is 4.73. The van der Waals surface area contributed by atoms with Crippen LogP contribution in [0.25, 0.3) is 0 Å². The minimum Gasteiger partial charge on any atom is -0.370 e. The number of nitrogens with one attached hydrogen (secondary N) is 1. The molecule has 1 saturated heterocycles. The maximum atomic E-state index is 12.2. The Hall–Kier alpha value is -1.58. The van der Waals surface area contributed by atoms with E-state index in [-0.39, 0.29) is 5.91 Å². The average molecular weight is 287 g/mol. The molecule has 1 N–H and O–H groups in total. The van der Waals surface area contributed by atoms with Crippen LogP contribution in [-0.2, 0) is 0 Å².